The third-order valence-corrected chi connectivity index (χ3v) is 3.37. The molecular formula is C10H9Cl2N3OS. The molecule has 0 fully saturated rings. The second kappa shape index (κ2) is 5.55. The molecule has 3 N–H and O–H groups in total. The first-order chi connectivity index (χ1) is 8.20. The monoisotopic (exact) mass is 289 g/mol. The summed E-state index contributed by atoms with van der Waals surface area (Å²) in [5.74, 6) is 5.90. The van der Waals surface area contributed by atoms with Crippen LogP contribution in [0.3, 0.4) is 0 Å². The van der Waals surface area contributed by atoms with E-state index in [1.807, 2.05) is 17.5 Å². The summed E-state index contributed by atoms with van der Waals surface area (Å²) in [7, 11) is 0. The minimum absolute atomic E-state index is 0.303. The van der Waals surface area contributed by atoms with Crippen molar-refractivity contribution in [3.8, 4) is 5.88 Å². The van der Waals surface area contributed by atoms with Crippen LogP contribution >= 0.6 is 34.5 Å². The van der Waals surface area contributed by atoms with Crippen molar-refractivity contribution in [3.63, 3.8) is 0 Å². The smallest absolute Gasteiger partial charge is 0.235 e. The normalized spacial score (nSPS) is 10.3. The van der Waals surface area contributed by atoms with Gasteiger partial charge in [0.1, 0.15) is 11.6 Å². The number of nitrogens with zero attached hydrogens (tertiary/aromatic N) is 1. The molecule has 0 unspecified atom stereocenters. The maximum Gasteiger partial charge on any atom is 0.235 e. The van der Waals surface area contributed by atoms with Crippen molar-refractivity contribution in [1.82, 2.24) is 4.98 Å². The molecule has 0 aliphatic rings. The molecule has 2 rings (SSSR count). The van der Waals surface area contributed by atoms with Gasteiger partial charge in [-0.2, -0.15) is 4.98 Å². The highest BCUT2D eigenvalue weighted by Gasteiger charge is 2.10. The summed E-state index contributed by atoms with van der Waals surface area (Å²) in [6, 6.07) is 5.46. The van der Waals surface area contributed by atoms with E-state index in [2.05, 4.69) is 10.4 Å². The molecule has 7 heteroatoms. The predicted molar refractivity (Wildman–Crippen MR) is 70.7 cm³/mol. The molecule has 0 aliphatic heterocycles. The van der Waals surface area contributed by atoms with Gasteiger partial charge < -0.3 is 10.2 Å². The molecule has 0 amide bonds. The van der Waals surface area contributed by atoms with Crippen molar-refractivity contribution in [2.24, 2.45) is 5.84 Å². The van der Waals surface area contributed by atoms with Gasteiger partial charge in [-0.3, -0.25) is 0 Å². The molecule has 0 aliphatic carbocycles. The lowest BCUT2D eigenvalue weighted by atomic mass is 10.4. The molecule has 17 heavy (non-hydrogen) atoms. The van der Waals surface area contributed by atoms with Crippen LogP contribution in [0.25, 0.3) is 0 Å². The third-order valence-electron chi connectivity index (χ3n) is 1.97. The summed E-state index contributed by atoms with van der Waals surface area (Å²) in [6.45, 7) is 0.413. The third kappa shape index (κ3) is 3.01. The molecule has 2 aromatic rings. The average molecular weight is 290 g/mol. The largest absolute Gasteiger partial charge is 0.471 e. The number of nitrogens with one attached hydrogen (secondary N) is 1. The highest BCUT2D eigenvalue weighted by Crippen LogP contribution is 2.30. The number of anilines is 1. The van der Waals surface area contributed by atoms with Gasteiger partial charge in [0.2, 0.25) is 5.88 Å². The van der Waals surface area contributed by atoms with Crippen LogP contribution < -0.4 is 16.0 Å². The van der Waals surface area contributed by atoms with Gasteiger partial charge in [-0.1, -0.05) is 29.3 Å². The number of hydrogen-bond acceptors (Lipinski definition) is 5. The van der Waals surface area contributed by atoms with Crippen molar-refractivity contribution < 1.29 is 4.74 Å². The first kappa shape index (κ1) is 12.4. The molecule has 0 atom stereocenters. The molecule has 0 radical (unpaired) electrons. The fourth-order valence-electron chi connectivity index (χ4n) is 1.19. The highest BCUT2D eigenvalue weighted by molar-refractivity contribution is 7.09. The first-order valence-corrected chi connectivity index (χ1v) is 6.32. The molecule has 0 spiro atoms. The lowest BCUT2D eigenvalue weighted by molar-refractivity contribution is 0.298. The van der Waals surface area contributed by atoms with E-state index in [-0.39, 0.29) is 0 Å². The Morgan fingerprint density at radius 3 is 2.88 bits per heavy atom. The van der Waals surface area contributed by atoms with Crippen LogP contribution in [0.2, 0.25) is 10.0 Å². The van der Waals surface area contributed by atoms with Crippen molar-refractivity contribution in [3.05, 3.63) is 38.5 Å². The van der Waals surface area contributed by atoms with Gasteiger partial charge in [0.25, 0.3) is 0 Å². The zero-order chi connectivity index (χ0) is 12.3. The van der Waals surface area contributed by atoms with Crippen LogP contribution in [0.1, 0.15) is 4.88 Å². The Morgan fingerprint density at radius 1 is 1.41 bits per heavy atom. The Hall–Kier alpha value is -1.01. The Balaban J connectivity index is 2.15. The van der Waals surface area contributed by atoms with E-state index < -0.39 is 0 Å². The molecule has 2 heterocycles. The first-order valence-electron chi connectivity index (χ1n) is 4.68. The number of aromatic nitrogens is 1. The minimum atomic E-state index is 0.303. The van der Waals surface area contributed by atoms with Gasteiger partial charge in [-0.05, 0) is 17.5 Å². The maximum absolute atomic E-state index is 5.96. The Labute approximate surface area is 112 Å². The lowest BCUT2D eigenvalue weighted by Gasteiger charge is -2.09. The molecule has 0 saturated heterocycles. The summed E-state index contributed by atoms with van der Waals surface area (Å²) >= 11 is 13.4. The Morgan fingerprint density at radius 2 is 2.24 bits per heavy atom. The summed E-state index contributed by atoms with van der Waals surface area (Å²) in [5, 5.41) is 2.68. The van der Waals surface area contributed by atoms with Crippen LogP contribution in [0.15, 0.2) is 23.6 Å². The number of ether oxygens (including phenoxy) is 1. The van der Waals surface area contributed by atoms with Gasteiger partial charge in [0, 0.05) is 4.88 Å². The second-order valence-electron chi connectivity index (χ2n) is 3.12. The molecule has 90 valence electrons. The quantitative estimate of drug-likeness (QED) is 0.670. The maximum atomic E-state index is 5.96. The van der Waals surface area contributed by atoms with Crippen molar-refractivity contribution in [1.29, 1.82) is 0 Å². The molecule has 0 saturated carbocycles. The number of nitrogen functional groups attached to an aromatic ring is 1. The van der Waals surface area contributed by atoms with Gasteiger partial charge in [0.05, 0.1) is 5.02 Å². The Kier molecular flexibility index (Phi) is 4.06. The lowest BCUT2D eigenvalue weighted by Crippen LogP contribution is -2.10. The van der Waals surface area contributed by atoms with E-state index in [1.165, 1.54) is 6.07 Å². The Bertz CT molecular complexity index is 505. The van der Waals surface area contributed by atoms with E-state index in [1.54, 1.807) is 11.3 Å². The zero-order valence-corrected chi connectivity index (χ0v) is 10.9. The molecular weight excluding hydrogens is 281 g/mol. The van der Waals surface area contributed by atoms with Crippen molar-refractivity contribution in [2.45, 2.75) is 6.61 Å². The number of pyridine rings is 1. The fraction of sp³-hybridized carbons (Fsp3) is 0.100. The highest BCUT2D eigenvalue weighted by atomic mass is 35.5. The van der Waals surface area contributed by atoms with E-state index in [9.17, 15) is 0 Å². The topological polar surface area (TPSA) is 60.2 Å². The van der Waals surface area contributed by atoms with Crippen LogP contribution in [0.5, 0.6) is 5.88 Å². The number of nitrogens with two attached hydrogens (primary N) is 1. The number of hydrogen-bond donors (Lipinski definition) is 2. The zero-order valence-electron chi connectivity index (χ0n) is 8.61. The average Bonchev–Trinajstić information content (AvgIpc) is 2.81. The number of thiophene rings is 1. The van der Waals surface area contributed by atoms with Gasteiger partial charge in [-0.25, -0.2) is 5.84 Å². The van der Waals surface area contributed by atoms with Crippen molar-refractivity contribution in [2.75, 3.05) is 5.43 Å². The van der Waals surface area contributed by atoms with Crippen molar-refractivity contribution >= 4 is 40.4 Å². The van der Waals surface area contributed by atoms with E-state index in [4.69, 9.17) is 33.8 Å². The van der Waals surface area contributed by atoms with Crippen LogP contribution in [-0.2, 0) is 6.61 Å². The summed E-state index contributed by atoms with van der Waals surface area (Å²) in [5.41, 5.74) is 2.38. The fourth-order valence-corrected chi connectivity index (χ4v) is 2.27. The predicted octanol–water partition coefficient (Wildman–Crippen LogP) is 3.31. The van der Waals surface area contributed by atoms with E-state index in [0.29, 0.717) is 28.3 Å². The molecule has 0 aromatic carbocycles. The number of hydrazine groups is 1. The number of halogens is 2. The van der Waals surface area contributed by atoms with Gasteiger partial charge in [0.15, 0.2) is 5.82 Å². The van der Waals surface area contributed by atoms with Gasteiger partial charge in [-0.15, -0.1) is 11.3 Å². The second-order valence-corrected chi connectivity index (χ2v) is 4.96. The van der Waals surface area contributed by atoms with E-state index in [0.717, 1.165) is 4.88 Å². The summed E-state index contributed by atoms with van der Waals surface area (Å²) in [6.07, 6.45) is 0. The summed E-state index contributed by atoms with van der Waals surface area (Å²) in [4.78, 5) is 5.16. The van der Waals surface area contributed by atoms with Crippen LogP contribution in [0, 0.1) is 0 Å². The van der Waals surface area contributed by atoms with Crippen LogP contribution in [0.4, 0.5) is 5.82 Å². The molecule has 4 nitrogen and oxygen atoms in total. The standard InChI is InChI=1S/C10H9Cl2N3OS/c11-7-4-8(12)10(14-9(7)15-13)16-5-6-2-1-3-17-6/h1-4H,5,13H2,(H,14,15). The van der Waals surface area contributed by atoms with E-state index >= 15 is 0 Å². The number of rotatable bonds is 4. The molecule has 2 aromatic heterocycles. The summed E-state index contributed by atoms with van der Waals surface area (Å²) < 4.78 is 5.49. The minimum Gasteiger partial charge on any atom is -0.471 e. The SMILES string of the molecule is NNc1nc(OCc2cccs2)c(Cl)cc1Cl. The van der Waals surface area contributed by atoms with Crippen LogP contribution in [-0.4, -0.2) is 4.98 Å². The molecule has 0 bridgehead atoms. The van der Waals surface area contributed by atoms with Gasteiger partial charge >= 0.3 is 0 Å².